The van der Waals surface area contributed by atoms with E-state index in [1.165, 1.54) is 11.1 Å². The number of amides is 1. The average Bonchev–Trinajstić information content (AvgIpc) is 3.08. The van der Waals surface area contributed by atoms with E-state index in [1.807, 2.05) is 49.3 Å². The molecule has 3 aromatic rings. The fourth-order valence-corrected chi connectivity index (χ4v) is 4.56. The lowest BCUT2D eigenvalue weighted by Crippen LogP contribution is -2.37. The minimum Gasteiger partial charge on any atom is -0.308 e. The summed E-state index contributed by atoms with van der Waals surface area (Å²) < 4.78 is 1.13. The predicted octanol–water partition coefficient (Wildman–Crippen LogP) is 5.02. The number of aryl methyl sites for hydroxylation is 2. The molecule has 1 aromatic heterocycles. The molecule has 1 amide bonds. The summed E-state index contributed by atoms with van der Waals surface area (Å²) in [6.07, 6.45) is 0. The van der Waals surface area contributed by atoms with Gasteiger partial charge in [-0.05, 0) is 57.3 Å². The average molecular weight is 436 g/mol. The Labute approximate surface area is 181 Å². The molecule has 0 saturated carbocycles. The molecule has 0 radical (unpaired) electrons. The Balaban J connectivity index is 0.00000280. The smallest absolute Gasteiger partial charge is 0.239 e. The second-order valence-electron chi connectivity index (χ2n) is 6.80. The topological polar surface area (TPSA) is 36.4 Å². The number of thiazole rings is 1. The first kappa shape index (κ1) is 22.7. The van der Waals surface area contributed by atoms with Crippen LogP contribution in [0.1, 0.15) is 11.1 Å². The lowest BCUT2D eigenvalue weighted by atomic mass is 10.1. The van der Waals surface area contributed by atoms with E-state index in [4.69, 9.17) is 4.98 Å². The molecule has 1 heterocycles. The highest BCUT2D eigenvalue weighted by atomic mass is 35.5. The van der Waals surface area contributed by atoms with E-state index in [1.54, 1.807) is 23.1 Å². The lowest BCUT2D eigenvalue weighted by Gasteiger charge is -2.21. The SMILES string of the molecule is Cc1ccc2sc(N(CCN(C)C)C(=O)CSc3ccccc3)nc2c1C.Cl. The third-order valence-electron chi connectivity index (χ3n) is 4.48. The van der Waals surface area contributed by atoms with Gasteiger partial charge in [-0.1, -0.05) is 35.6 Å². The van der Waals surface area contributed by atoms with Crippen molar-refractivity contribution < 1.29 is 4.79 Å². The van der Waals surface area contributed by atoms with Gasteiger partial charge in [-0.3, -0.25) is 9.69 Å². The zero-order valence-electron chi connectivity index (χ0n) is 16.6. The van der Waals surface area contributed by atoms with Crippen LogP contribution in [0.5, 0.6) is 0 Å². The van der Waals surface area contributed by atoms with Crippen LogP contribution in [-0.4, -0.2) is 48.7 Å². The maximum atomic E-state index is 13.0. The number of benzene rings is 2. The third-order valence-corrected chi connectivity index (χ3v) is 6.52. The normalized spacial score (nSPS) is 10.9. The number of halogens is 1. The van der Waals surface area contributed by atoms with Crippen molar-refractivity contribution in [3.05, 3.63) is 53.6 Å². The molecule has 0 fully saturated rings. The van der Waals surface area contributed by atoms with E-state index < -0.39 is 0 Å². The second-order valence-corrected chi connectivity index (χ2v) is 8.86. The van der Waals surface area contributed by atoms with E-state index in [0.29, 0.717) is 12.3 Å². The van der Waals surface area contributed by atoms with Crippen LogP contribution in [0.4, 0.5) is 5.13 Å². The van der Waals surface area contributed by atoms with Gasteiger partial charge >= 0.3 is 0 Å². The predicted molar refractivity (Wildman–Crippen MR) is 124 cm³/mol. The molecule has 0 aliphatic rings. The summed E-state index contributed by atoms with van der Waals surface area (Å²) in [7, 11) is 4.04. The molecule has 4 nitrogen and oxygen atoms in total. The van der Waals surface area contributed by atoms with Crippen LogP contribution in [0, 0.1) is 13.8 Å². The van der Waals surface area contributed by atoms with Crippen molar-refractivity contribution in [1.82, 2.24) is 9.88 Å². The Hall–Kier alpha value is -1.60. The number of hydrogen-bond donors (Lipinski definition) is 0. The van der Waals surface area contributed by atoms with Crippen LogP contribution in [0.15, 0.2) is 47.4 Å². The molecule has 0 saturated heterocycles. The Morgan fingerprint density at radius 1 is 1.07 bits per heavy atom. The van der Waals surface area contributed by atoms with E-state index in [0.717, 1.165) is 26.8 Å². The summed E-state index contributed by atoms with van der Waals surface area (Å²) in [5.74, 6) is 0.505. The fourth-order valence-electron chi connectivity index (χ4n) is 2.70. The Morgan fingerprint density at radius 2 is 1.79 bits per heavy atom. The van der Waals surface area contributed by atoms with E-state index in [-0.39, 0.29) is 18.3 Å². The van der Waals surface area contributed by atoms with Gasteiger partial charge in [0, 0.05) is 18.0 Å². The van der Waals surface area contributed by atoms with Gasteiger partial charge in [0.25, 0.3) is 0 Å². The Morgan fingerprint density at radius 3 is 2.46 bits per heavy atom. The molecule has 2 aromatic carbocycles. The van der Waals surface area contributed by atoms with Crippen LogP contribution in [0.25, 0.3) is 10.2 Å². The minimum absolute atomic E-state index is 0. The number of fused-ring (bicyclic) bond motifs is 1. The van der Waals surface area contributed by atoms with Gasteiger partial charge in [-0.2, -0.15) is 0 Å². The summed E-state index contributed by atoms with van der Waals surface area (Å²) in [6.45, 7) is 5.63. The van der Waals surface area contributed by atoms with Gasteiger partial charge < -0.3 is 4.90 Å². The van der Waals surface area contributed by atoms with Crippen LogP contribution in [0.3, 0.4) is 0 Å². The molecule has 0 unspecified atom stereocenters. The number of aromatic nitrogens is 1. The summed E-state index contributed by atoms with van der Waals surface area (Å²) >= 11 is 3.17. The number of nitrogens with zero attached hydrogens (tertiary/aromatic N) is 3. The van der Waals surface area contributed by atoms with E-state index in [9.17, 15) is 4.79 Å². The maximum absolute atomic E-state index is 13.0. The molecular weight excluding hydrogens is 410 g/mol. The zero-order chi connectivity index (χ0) is 19.4. The lowest BCUT2D eigenvalue weighted by molar-refractivity contribution is -0.116. The highest BCUT2D eigenvalue weighted by molar-refractivity contribution is 8.00. The molecular formula is C21H26ClN3OS2. The molecule has 0 N–H and O–H groups in total. The third kappa shape index (κ3) is 5.47. The number of carbonyl (C=O) groups is 1. The Kier molecular flexibility index (Phi) is 8.31. The monoisotopic (exact) mass is 435 g/mol. The molecule has 28 heavy (non-hydrogen) atoms. The number of hydrogen-bond acceptors (Lipinski definition) is 5. The first-order valence-corrected chi connectivity index (χ1v) is 10.8. The van der Waals surface area contributed by atoms with Gasteiger partial charge in [0.15, 0.2) is 5.13 Å². The highest BCUT2D eigenvalue weighted by Gasteiger charge is 2.20. The Bertz CT molecular complexity index is 928. The molecule has 7 heteroatoms. The first-order valence-electron chi connectivity index (χ1n) is 8.95. The molecule has 3 rings (SSSR count). The maximum Gasteiger partial charge on any atom is 0.239 e. The van der Waals surface area contributed by atoms with E-state index in [2.05, 4.69) is 30.9 Å². The summed E-state index contributed by atoms with van der Waals surface area (Å²) in [6, 6.07) is 14.3. The quantitative estimate of drug-likeness (QED) is 0.488. The summed E-state index contributed by atoms with van der Waals surface area (Å²) in [5.41, 5.74) is 3.42. The molecule has 0 atom stereocenters. The molecule has 0 spiro atoms. The number of thioether (sulfide) groups is 1. The van der Waals surface area contributed by atoms with Crippen LogP contribution < -0.4 is 4.90 Å². The number of carbonyl (C=O) groups excluding carboxylic acids is 1. The molecule has 0 aliphatic carbocycles. The van der Waals surface area contributed by atoms with Gasteiger partial charge in [0.05, 0.1) is 16.0 Å². The number of rotatable bonds is 7. The van der Waals surface area contributed by atoms with Gasteiger partial charge in [0.2, 0.25) is 5.91 Å². The molecule has 0 aliphatic heterocycles. The standard InChI is InChI=1S/C21H25N3OS2.ClH/c1-15-10-11-18-20(16(15)2)22-21(27-18)24(13-12-23(3)4)19(25)14-26-17-8-6-5-7-9-17;/h5-11H,12-14H2,1-4H3;1H. The fraction of sp³-hybridized carbons (Fsp3) is 0.333. The van der Waals surface area contributed by atoms with Crippen molar-refractivity contribution >= 4 is 56.8 Å². The van der Waals surface area contributed by atoms with Crippen molar-refractivity contribution in [2.75, 3.05) is 37.8 Å². The van der Waals surface area contributed by atoms with Gasteiger partial charge in [-0.25, -0.2) is 4.98 Å². The van der Waals surface area contributed by atoms with Crippen molar-refractivity contribution in [1.29, 1.82) is 0 Å². The van der Waals surface area contributed by atoms with E-state index >= 15 is 0 Å². The van der Waals surface area contributed by atoms with Gasteiger partial charge in [-0.15, -0.1) is 24.2 Å². The highest BCUT2D eigenvalue weighted by Crippen LogP contribution is 2.32. The van der Waals surface area contributed by atoms with Gasteiger partial charge in [0.1, 0.15) is 0 Å². The summed E-state index contributed by atoms with van der Waals surface area (Å²) in [5, 5.41) is 0.791. The minimum atomic E-state index is 0. The summed E-state index contributed by atoms with van der Waals surface area (Å²) in [4.78, 5) is 22.9. The van der Waals surface area contributed by atoms with Crippen molar-refractivity contribution in [3.63, 3.8) is 0 Å². The molecule has 0 bridgehead atoms. The van der Waals surface area contributed by atoms with Crippen molar-refractivity contribution in [3.8, 4) is 0 Å². The van der Waals surface area contributed by atoms with Crippen LogP contribution in [-0.2, 0) is 4.79 Å². The van der Waals surface area contributed by atoms with Crippen molar-refractivity contribution in [2.24, 2.45) is 0 Å². The van der Waals surface area contributed by atoms with Crippen LogP contribution in [0.2, 0.25) is 0 Å². The van der Waals surface area contributed by atoms with Crippen molar-refractivity contribution in [2.45, 2.75) is 18.7 Å². The van der Waals surface area contributed by atoms with Crippen LogP contribution >= 0.6 is 35.5 Å². The zero-order valence-corrected chi connectivity index (χ0v) is 19.1. The number of anilines is 1. The largest absolute Gasteiger partial charge is 0.308 e. The second kappa shape index (κ2) is 10.3. The number of likely N-dealkylation sites (N-methyl/N-ethyl adjacent to an activating group) is 1. The first-order chi connectivity index (χ1) is 13.0. The molecule has 150 valence electrons.